The van der Waals surface area contributed by atoms with Gasteiger partial charge in [-0.2, -0.15) is 0 Å². The molecule has 0 saturated heterocycles. The molecular formula is C9H6N4. The van der Waals surface area contributed by atoms with Crippen molar-refractivity contribution >= 4 is 16.6 Å². The zero-order valence-electron chi connectivity index (χ0n) is 6.75. The molecular weight excluding hydrogens is 164 g/mol. The fraction of sp³-hybridized carbons (Fsp3) is 0. The van der Waals surface area contributed by atoms with Crippen molar-refractivity contribution in [1.82, 2.24) is 4.98 Å². The lowest BCUT2D eigenvalue weighted by molar-refractivity contribution is 1.29. The summed E-state index contributed by atoms with van der Waals surface area (Å²) in [6.07, 6.45) is 1.63. The smallest absolute Gasteiger partial charge is 0.134 e. The molecule has 0 radical (unpaired) electrons. The van der Waals surface area contributed by atoms with Crippen LogP contribution in [0.25, 0.3) is 21.2 Å². The van der Waals surface area contributed by atoms with E-state index in [2.05, 4.69) is 15.0 Å². The molecule has 0 aliphatic rings. The van der Waals surface area contributed by atoms with E-state index in [0.29, 0.717) is 5.82 Å². The van der Waals surface area contributed by atoms with Gasteiger partial charge in [-0.1, -0.05) is 24.3 Å². The lowest BCUT2D eigenvalue weighted by Gasteiger charge is -1.97. The fourth-order valence-electron chi connectivity index (χ4n) is 1.23. The lowest BCUT2D eigenvalue weighted by atomic mass is 10.2. The van der Waals surface area contributed by atoms with Gasteiger partial charge in [-0.3, -0.25) is 4.98 Å². The molecule has 0 spiro atoms. The molecule has 1 heterocycles. The van der Waals surface area contributed by atoms with Gasteiger partial charge in [0.05, 0.1) is 0 Å². The SMILES string of the molecule is [N-]=[N+]=Nc1nccc2ccccc12. The first kappa shape index (κ1) is 7.58. The van der Waals surface area contributed by atoms with E-state index in [9.17, 15) is 0 Å². The Morgan fingerprint density at radius 1 is 1.23 bits per heavy atom. The predicted octanol–water partition coefficient (Wildman–Crippen LogP) is 3.18. The van der Waals surface area contributed by atoms with Crippen LogP contribution in [0.15, 0.2) is 41.6 Å². The standard InChI is InChI=1S/C9H6N4/c10-13-12-9-8-4-2-1-3-7(8)5-6-11-9/h1-6H. The van der Waals surface area contributed by atoms with Gasteiger partial charge in [0.2, 0.25) is 0 Å². The van der Waals surface area contributed by atoms with Crippen LogP contribution in [-0.2, 0) is 0 Å². The average Bonchev–Trinajstić information content (AvgIpc) is 2.19. The number of hydrogen-bond acceptors (Lipinski definition) is 2. The monoisotopic (exact) mass is 170 g/mol. The predicted molar refractivity (Wildman–Crippen MR) is 50.5 cm³/mol. The summed E-state index contributed by atoms with van der Waals surface area (Å²) >= 11 is 0. The van der Waals surface area contributed by atoms with Crippen molar-refractivity contribution in [3.63, 3.8) is 0 Å². The Morgan fingerprint density at radius 2 is 2.08 bits per heavy atom. The summed E-state index contributed by atoms with van der Waals surface area (Å²) < 4.78 is 0. The first-order valence-corrected chi connectivity index (χ1v) is 3.80. The van der Waals surface area contributed by atoms with Crippen molar-refractivity contribution in [1.29, 1.82) is 0 Å². The van der Waals surface area contributed by atoms with Gasteiger partial charge in [-0.15, -0.1) is 0 Å². The second kappa shape index (κ2) is 3.13. The van der Waals surface area contributed by atoms with E-state index in [1.165, 1.54) is 0 Å². The minimum atomic E-state index is 0.431. The second-order valence-corrected chi connectivity index (χ2v) is 2.55. The Hall–Kier alpha value is -2.06. The van der Waals surface area contributed by atoms with Gasteiger partial charge in [0, 0.05) is 16.5 Å². The molecule has 1 aromatic heterocycles. The third-order valence-electron chi connectivity index (χ3n) is 1.79. The summed E-state index contributed by atoms with van der Waals surface area (Å²) in [5.74, 6) is 0.431. The van der Waals surface area contributed by atoms with Gasteiger partial charge in [0.15, 0.2) is 0 Å². The summed E-state index contributed by atoms with van der Waals surface area (Å²) in [4.78, 5) is 6.69. The van der Waals surface area contributed by atoms with E-state index >= 15 is 0 Å². The van der Waals surface area contributed by atoms with Crippen LogP contribution in [0.5, 0.6) is 0 Å². The fourth-order valence-corrected chi connectivity index (χ4v) is 1.23. The zero-order chi connectivity index (χ0) is 9.10. The third kappa shape index (κ3) is 1.30. The highest BCUT2D eigenvalue weighted by Gasteiger charge is 1.97. The first-order chi connectivity index (χ1) is 6.42. The Morgan fingerprint density at radius 3 is 2.92 bits per heavy atom. The third-order valence-corrected chi connectivity index (χ3v) is 1.79. The van der Waals surface area contributed by atoms with Crippen LogP contribution in [-0.4, -0.2) is 4.98 Å². The van der Waals surface area contributed by atoms with Crippen LogP contribution in [0.3, 0.4) is 0 Å². The Labute approximate surface area is 74.5 Å². The molecule has 13 heavy (non-hydrogen) atoms. The van der Waals surface area contributed by atoms with Crippen LogP contribution in [0.4, 0.5) is 5.82 Å². The van der Waals surface area contributed by atoms with Crippen molar-refractivity contribution in [2.24, 2.45) is 5.11 Å². The van der Waals surface area contributed by atoms with Gasteiger partial charge in [0.1, 0.15) is 5.82 Å². The molecule has 2 aromatic rings. The molecule has 0 aliphatic heterocycles. The minimum Gasteiger partial charge on any atom is -0.254 e. The van der Waals surface area contributed by atoms with E-state index in [-0.39, 0.29) is 0 Å². The maximum Gasteiger partial charge on any atom is 0.134 e. The van der Waals surface area contributed by atoms with Gasteiger partial charge in [0.25, 0.3) is 0 Å². The minimum absolute atomic E-state index is 0.431. The van der Waals surface area contributed by atoms with E-state index in [4.69, 9.17) is 5.53 Å². The summed E-state index contributed by atoms with van der Waals surface area (Å²) in [6, 6.07) is 9.54. The average molecular weight is 170 g/mol. The number of aromatic nitrogens is 1. The van der Waals surface area contributed by atoms with Gasteiger partial charge >= 0.3 is 0 Å². The molecule has 0 aliphatic carbocycles. The van der Waals surface area contributed by atoms with Gasteiger partial charge in [-0.25, -0.2) is 0 Å². The van der Waals surface area contributed by atoms with E-state index < -0.39 is 0 Å². The van der Waals surface area contributed by atoms with Crippen LogP contribution in [0.2, 0.25) is 0 Å². The second-order valence-electron chi connectivity index (χ2n) is 2.55. The van der Waals surface area contributed by atoms with Crippen LogP contribution in [0, 0.1) is 0 Å². The number of fused-ring (bicyclic) bond motifs is 1. The maximum absolute atomic E-state index is 8.30. The molecule has 0 saturated carbocycles. The van der Waals surface area contributed by atoms with E-state index in [1.807, 2.05) is 30.3 Å². The summed E-state index contributed by atoms with van der Waals surface area (Å²) in [6.45, 7) is 0. The number of azide groups is 1. The largest absolute Gasteiger partial charge is 0.254 e. The summed E-state index contributed by atoms with van der Waals surface area (Å²) in [7, 11) is 0. The molecule has 0 unspecified atom stereocenters. The van der Waals surface area contributed by atoms with Gasteiger partial charge < -0.3 is 0 Å². The highest BCUT2D eigenvalue weighted by atomic mass is 15.2. The van der Waals surface area contributed by atoms with Crippen molar-refractivity contribution in [2.75, 3.05) is 0 Å². The molecule has 4 nitrogen and oxygen atoms in total. The number of pyridine rings is 1. The molecule has 0 amide bonds. The number of rotatable bonds is 1. The zero-order valence-corrected chi connectivity index (χ0v) is 6.75. The number of nitrogens with zero attached hydrogens (tertiary/aromatic N) is 4. The van der Waals surface area contributed by atoms with E-state index in [0.717, 1.165) is 10.8 Å². The molecule has 0 fully saturated rings. The van der Waals surface area contributed by atoms with Crippen molar-refractivity contribution in [2.45, 2.75) is 0 Å². The highest BCUT2D eigenvalue weighted by Crippen LogP contribution is 2.22. The maximum atomic E-state index is 8.30. The number of benzene rings is 1. The first-order valence-electron chi connectivity index (χ1n) is 3.80. The lowest BCUT2D eigenvalue weighted by Crippen LogP contribution is -1.75. The molecule has 1 aromatic carbocycles. The van der Waals surface area contributed by atoms with Gasteiger partial charge in [-0.05, 0) is 22.1 Å². The molecule has 4 heteroatoms. The highest BCUT2D eigenvalue weighted by molar-refractivity contribution is 5.90. The van der Waals surface area contributed by atoms with Crippen molar-refractivity contribution in [3.05, 3.63) is 47.0 Å². The van der Waals surface area contributed by atoms with Crippen LogP contribution in [0.1, 0.15) is 0 Å². The van der Waals surface area contributed by atoms with E-state index in [1.54, 1.807) is 6.20 Å². The topological polar surface area (TPSA) is 61.7 Å². The number of hydrogen-bond donors (Lipinski definition) is 0. The normalized spacial score (nSPS) is 9.54. The van der Waals surface area contributed by atoms with Crippen LogP contribution >= 0.6 is 0 Å². The molecule has 62 valence electrons. The molecule has 0 bridgehead atoms. The Balaban J connectivity index is 2.82. The van der Waals surface area contributed by atoms with Crippen molar-refractivity contribution < 1.29 is 0 Å². The molecule has 2 rings (SSSR count). The summed E-state index contributed by atoms with van der Waals surface area (Å²) in [5, 5.41) is 5.41. The molecule has 0 atom stereocenters. The Bertz CT molecular complexity index is 480. The van der Waals surface area contributed by atoms with Crippen molar-refractivity contribution in [3.8, 4) is 0 Å². The quantitative estimate of drug-likeness (QED) is 0.368. The molecule has 0 N–H and O–H groups in total. The summed E-state index contributed by atoms with van der Waals surface area (Å²) in [5.41, 5.74) is 8.30. The Kier molecular flexibility index (Phi) is 1.82. The van der Waals surface area contributed by atoms with Crippen LogP contribution < -0.4 is 0 Å².